The summed E-state index contributed by atoms with van der Waals surface area (Å²) >= 11 is 0. The third kappa shape index (κ3) is 31.7. The van der Waals surface area contributed by atoms with Crippen molar-refractivity contribution in [2.24, 2.45) is 0 Å². The van der Waals surface area contributed by atoms with E-state index < -0.39 is 35.8 Å². The summed E-state index contributed by atoms with van der Waals surface area (Å²) in [6.07, 6.45) is 40.6. The van der Waals surface area contributed by atoms with Gasteiger partial charge in [-0.15, -0.1) is 0 Å². The number of rotatable bonds is 51. The lowest BCUT2D eigenvalue weighted by Gasteiger charge is -2.18. The van der Waals surface area contributed by atoms with Gasteiger partial charge in [0.25, 0.3) is 0 Å². The molecule has 0 aliphatic rings. The van der Waals surface area contributed by atoms with Crippen molar-refractivity contribution in [2.45, 2.75) is 215 Å². The Morgan fingerprint density at radius 2 is 0.366 bits per heavy atom. The van der Waals surface area contributed by atoms with E-state index in [1.165, 1.54) is 86.8 Å². The number of carbonyl (C=O) groups excluding carboxylic acids is 6. The average Bonchev–Trinajstić information content (AvgIpc) is 0.783. The molecule has 0 heterocycles. The molecule has 4 aromatic rings. The molecule has 0 amide bonds. The molecule has 0 aliphatic heterocycles. The van der Waals surface area contributed by atoms with Crippen LogP contribution in [0.5, 0.6) is 34.5 Å². The highest BCUT2D eigenvalue weighted by molar-refractivity contribution is 6.27. The van der Waals surface area contributed by atoms with Crippen molar-refractivity contribution in [1.29, 1.82) is 0 Å². The first kappa shape index (κ1) is 77.2. The van der Waals surface area contributed by atoms with Gasteiger partial charge in [0, 0.05) is 0 Å². The lowest BCUT2D eigenvalue weighted by Crippen LogP contribution is -2.11. The molecule has 18 heteroatoms. The number of benzene rings is 4. The average molecular weight is 1290 g/mol. The standard InChI is InChI=1S/C75H102O18/c1-7-13-19-25-26-27-33-45-87-51-39-75(81)93-69-57-63-61-55-67(91-73(79)37-49-85-43-31-23-17-11-5)65(89-71(77)35-47-83-41-29-21-15-9-3)53-59(61)58-52-64(88-70(76)34-46-82-40-28-20-14-8-2)66(90-72(78)36-48-84-42-30-22-16-10-4)54-60(58)62(63)56-68(69)92-74(80)38-50-86-44-32-24-18-12-6/h34-39,46-57H,7-33,40-45H2,1-6H3. The van der Waals surface area contributed by atoms with E-state index in [1.54, 1.807) is 0 Å². The maximum Gasteiger partial charge on any atom is 0.339 e. The minimum atomic E-state index is -0.881. The second-order valence-corrected chi connectivity index (χ2v) is 22.5. The van der Waals surface area contributed by atoms with Gasteiger partial charge in [-0.25, -0.2) is 28.8 Å². The Bertz CT molecular complexity index is 3000. The van der Waals surface area contributed by atoms with E-state index in [0.717, 1.165) is 197 Å². The van der Waals surface area contributed by atoms with Crippen LogP contribution in [0.2, 0.25) is 0 Å². The Morgan fingerprint density at radius 3 is 0.527 bits per heavy atom. The van der Waals surface area contributed by atoms with E-state index in [1.807, 2.05) is 0 Å². The summed E-state index contributed by atoms with van der Waals surface area (Å²) < 4.78 is 69.6. The molecule has 0 N–H and O–H groups in total. The zero-order chi connectivity index (χ0) is 66.9. The number of esters is 6. The molecular weight excluding hydrogens is 1190 g/mol. The van der Waals surface area contributed by atoms with Crippen LogP contribution in [-0.4, -0.2) is 75.5 Å². The Balaban J connectivity index is 2.04. The van der Waals surface area contributed by atoms with E-state index >= 15 is 0 Å². The maximum atomic E-state index is 13.8. The van der Waals surface area contributed by atoms with Gasteiger partial charge in [0.15, 0.2) is 34.5 Å². The molecular formula is C75H102O18. The number of hydrogen-bond donors (Lipinski definition) is 0. The van der Waals surface area contributed by atoms with Gasteiger partial charge in [0.05, 0.1) is 114 Å². The van der Waals surface area contributed by atoms with Crippen LogP contribution < -0.4 is 28.4 Å². The molecule has 0 fully saturated rings. The second kappa shape index (κ2) is 48.5. The van der Waals surface area contributed by atoms with Gasteiger partial charge in [-0.05, 0) is 107 Å². The first-order chi connectivity index (χ1) is 45.5. The molecule has 0 bridgehead atoms. The molecule has 0 atom stereocenters. The highest BCUT2D eigenvalue weighted by Crippen LogP contribution is 2.47. The van der Waals surface area contributed by atoms with Gasteiger partial charge in [-0.2, -0.15) is 0 Å². The van der Waals surface area contributed by atoms with Crippen LogP contribution in [0.25, 0.3) is 32.3 Å². The number of unbranched alkanes of at least 4 members (excludes halogenated alkanes) is 21. The molecule has 0 aromatic heterocycles. The molecule has 0 saturated carbocycles. The molecule has 0 aliphatic carbocycles. The first-order valence-corrected chi connectivity index (χ1v) is 34.0. The number of carbonyl (C=O) groups is 6. The number of hydrogen-bond acceptors (Lipinski definition) is 18. The molecule has 0 spiro atoms. The summed E-state index contributed by atoms with van der Waals surface area (Å²) in [6, 6.07) is 8.71. The molecule has 0 saturated heterocycles. The van der Waals surface area contributed by atoms with Crippen LogP contribution in [0.15, 0.2) is 110 Å². The molecule has 4 aromatic carbocycles. The van der Waals surface area contributed by atoms with Crippen LogP contribution in [-0.2, 0) is 57.2 Å². The van der Waals surface area contributed by atoms with Gasteiger partial charge in [0.2, 0.25) is 0 Å². The summed E-state index contributed by atoms with van der Waals surface area (Å²) in [4.78, 5) is 82.5. The number of fused-ring (bicyclic) bond motifs is 6. The van der Waals surface area contributed by atoms with Gasteiger partial charge in [0.1, 0.15) is 0 Å². The van der Waals surface area contributed by atoms with E-state index in [2.05, 4.69) is 41.5 Å². The maximum absolute atomic E-state index is 13.8. The van der Waals surface area contributed by atoms with Crippen molar-refractivity contribution >= 4 is 68.1 Å². The Morgan fingerprint density at radius 1 is 0.226 bits per heavy atom. The molecule has 0 radical (unpaired) electrons. The zero-order valence-electron chi connectivity index (χ0n) is 56.1. The highest BCUT2D eigenvalue weighted by atomic mass is 16.6. The molecule has 18 nitrogen and oxygen atoms in total. The van der Waals surface area contributed by atoms with E-state index in [0.29, 0.717) is 72.0 Å². The number of ether oxygens (including phenoxy) is 12. The monoisotopic (exact) mass is 1290 g/mol. The first-order valence-electron chi connectivity index (χ1n) is 34.0. The second-order valence-electron chi connectivity index (χ2n) is 22.5. The van der Waals surface area contributed by atoms with Crippen molar-refractivity contribution in [1.82, 2.24) is 0 Å². The fraction of sp³-hybridized carbons (Fsp3) is 0.520. The van der Waals surface area contributed by atoms with Crippen LogP contribution in [0.1, 0.15) is 215 Å². The lowest BCUT2D eigenvalue weighted by atomic mass is 9.93. The summed E-state index contributed by atoms with van der Waals surface area (Å²) in [5, 5.41) is 1.75. The van der Waals surface area contributed by atoms with Gasteiger partial charge >= 0.3 is 35.8 Å². The Hall–Kier alpha value is -8.28. The zero-order valence-corrected chi connectivity index (χ0v) is 56.1. The highest BCUT2D eigenvalue weighted by Gasteiger charge is 2.24. The molecule has 93 heavy (non-hydrogen) atoms. The van der Waals surface area contributed by atoms with Crippen LogP contribution in [0.3, 0.4) is 0 Å². The van der Waals surface area contributed by atoms with Gasteiger partial charge in [-0.1, -0.05) is 176 Å². The summed E-state index contributed by atoms with van der Waals surface area (Å²) in [6.45, 7) is 14.9. The van der Waals surface area contributed by atoms with Crippen LogP contribution in [0, 0.1) is 0 Å². The minimum absolute atomic E-state index is 0.226. The van der Waals surface area contributed by atoms with E-state index in [-0.39, 0.29) is 34.5 Å². The van der Waals surface area contributed by atoms with Gasteiger partial charge in [-0.3, -0.25) is 0 Å². The SMILES string of the molecule is CCCCCCCCCOC=CC(=O)Oc1cc2c3cc(OC(=O)C=COCCCCCC)c(OC(=O)C=COCCCCCC)cc3c3cc(OC(=O)C=COCCCCCC)c(OC(=O)C=COCCCCCC)cc3c2cc1OC(=O)C=COCCCCCC. The predicted octanol–water partition coefficient (Wildman–Crippen LogP) is 18.4. The normalized spacial score (nSPS) is 11.7. The van der Waals surface area contributed by atoms with Crippen LogP contribution >= 0.6 is 0 Å². The van der Waals surface area contributed by atoms with Crippen molar-refractivity contribution in [2.75, 3.05) is 39.6 Å². The van der Waals surface area contributed by atoms with Crippen molar-refractivity contribution < 1.29 is 85.6 Å². The smallest absolute Gasteiger partial charge is 0.339 e. The predicted molar refractivity (Wildman–Crippen MR) is 362 cm³/mol. The Kier molecular flexibility index (Phi) is 40.2. The summed E-state index contributed by atoms with van der Waals surface area (Å²) in [5.74, 6) is -6.64. The third-order valence-electron chi connectivity index (χ3n) is 14.6. The molecule has 510 valence electrons. The molecule has 0 unspecified atom stereocenters. The topological polar surface area (TPSA) is 213 Å². The fourth-order valence-corrected chi connectivity index (χ4v) is 9.58. The van der Waals surface area contributed by atoms with E-state index in [4.69, 9.17) is 56.8 Å². The third-order valence-corrected chi connectivity index (χ3v) is 14.6. The quantitative estimate of drug-likeness (QED) is 0.0100. The summed E-state index contributed by atoms with van der Waals surface area (Å²) in [7, 11) is 0. The van der Waals surface area contributed by atoms with E-state index in [9.17, 15) is 28.8 Å². The molecule has 4 rings (SSSR count). The minimum Gasteiger partial charge on any atom is -0.501 e. The largest absolute Gasteiger partial charge is 0.501 e. The Labute approximate surface area is 550 Å². The van der Waals surface area contributed by atoms with Crippen LogP contribution in [0.4, 0.5) is 0 Å². The fourth-order valence-electron chi connectivity index (χ4n) is 9.58. The van der Waals surface area contributed by atoms with Gasteiger partial charge < -0.3 is 56.8 Å². The van der Waals surface area contributed by atoms with Crippen molar-refractivity contribution in [3.63, 3.8) is 0 Å². The summed E-state index contributed by atoms with van der Waals surface area (Å²) in [5.41, 5.74) is 0. The van der Waals surface area contributed by atoms with Crippen molar-refractivity contribution in [3.8, 4) is 34.5 Å². The van der Waals surface area contributed by atoms with Crippen molar-refractivity contribution in [3.05, 3.63) is 110 Å². The lowest BCUT2D eigenvalue weighted by molar-refractivity contribution is -0.131.